The summed E-state index contributed by atoms with van der Waals surface area (Å²) in [6, 6.07) is 15.5. The van der Waals surface area contributed by atoms with Crippen LogP contribution in [0.2, 0.25) is 50.2 Å². The van der Waals surface area contributed by atoms with Gasteiger partial charge in [-0.05, 0) is 110 Å². The van der Waals surface area contributed by atoms with E-state index in [1.165, 1.54) is 50.1 Å². The summed E-state index contributed by atoms with van der Waals surface area (Å²) in [6.45, 7) is 30.7. The molecule has 3 aliphatic heterocycles. The minimum atomic E-state index is -1.47. The van der Waals surface area contributed by atoms with E-state index in [4.69, 9.17) is 121 Å². The van der Waals surface area contributed by atoms with E-state index in [0.717, 1.165) is 0 Å². The van der Waals surface area contributed by atoms with Crippen molar-refractivity contribution in [2.45, 2.75) is 80.1 Å². The maximum atomic E-state index is 14.9. The van der Waals surface area contributed by atoms with Gasteiger partial charge in [-0.3, -0.25) is 57.4 Å². The lowest BCUT2D eigenvalue weighted by molar-refractivity contribution is -0.127. The SMILES string of the molecule is C=CC(=O)N1CCN(c2c(C#N)c(=O)n(-c3c(C)ccnc3C(C)C)c3nc(-c4c(O)c(F)c(Cl)c(Cl)c4Cl)c(Cl)cc23)CC1.C=CC(=O)N1CCN(c2c(C#N)c(=O)n(-c3c(C)ccnc3C(C)C)c3nc(-c4c(O)c(F)c(Cl)c(F)c4Cl)c(Cl)cc23)CC1.C=CC(=O)N1CCN(c2c(C#N)c(=O)n(-c3c(C)ccnc3C(C)C)c3nc(-c4c(O)c(F)c(Cl)c(F)c4Cl)c(Cl)cc23)CC1. The van der Waals surface area contributed by atoms with Gasteiger partial charge in [-0.1, -0.05) is 177 Å². The smallest absolute Gasteiger partial charge is 0.276 e. The van der Waals surface area contributed by atoms with E-state index in [1.807, 2.05) is 58.6 Å². The second-order valence-corrected chi connectivity index (χ2v) is 35.9. The molecule has 0 saturated carbocycles. The molecule has 3 saturated heterocycles. The fourth-order valence-corrected chi connectivity index (χ4v) is 18.9. The number of nitrogens with zero attached hydrogens (tertiary/aromatic N) is 18. The molecule has 9 aromatic heterocycles. The highest BCUT2D eigenvalue weighted by molar-refractivity contribution is 6.50. The number of fused-ring (bicyclic) bond motifs is 3. The standard InChI is InChI=1S/C31H25Cl4FN6O3.2C31H25Cl3F2N6O3/c1-5-19(43)40-8-10-41(11-9-40)28-16-12-18(32)26(20-21(33)22(34)23(35)24(36)29(20)44)39-30(16)42(31(45)17(28)13-37)27-15(4)6-7-38-25(27)14(2)3;2*1-5-19(43)40-8-10-41(11-9-40)28-16-12-18(32)26(20-21(33)23(35)22(34)24(36)29(20)44)39-30(16)42(31(45)17(28)13-37)27-15(4)6-7-38-25(27)14(2)3/h3*5-7,12,14,44H,1,8-11H2,2-4H3. The fourth-order valence-electron chi connectivity index (χ4n) is 16.4. The van der Waals surface area contributed by atoms with E-state index in [0.29, 0.717) is 82.4 Å². The lowest BCUT2D eigenvalue weighted by Crippen LogP contribution is -2.49. The Balaban J connectivity index is 0.000000171. The first-order chi connectivity index (χ1) is 64.0. The van der Waals surface area contributed by atoms with Gasteiger partial charge in [0.1, 0.15) is 66.9 Å². The summed E-state index contributed by atoms with van der Waals surface area (Å²) in [5.41, 5.74) is 0.279. The van der Waals surface area contributed by atoms with Gasteiger partial charge >= 0.3 is 0 Å². The number of phenols is 3. The maximum Gasteiger partial charge on any atom is 0.276 e. The molecule has 12 aromatic rings. The largest absolute Gasteiger partial charge is 0.504 e. The van der Waals surface area contributed by atoms with E-state index in [-0.39, 0.29) is 197 Å². The van der Waals surface area contributed by atoms with Crippen LogP contribution in [0.4, 0.5) is 39.0 Å². The number of pyridine rings is 9. The quantitative estimate of drug-likeness (QED) is 0.0371. The molecule has 3 aliphatic rings. The molecule has 0 spiro atoms. The summed E-state index contributed by atoms with van der Waals surface area (Å²) in [7, 11) is 0. The Morgan fingerprint density at radius 1 is 0.378 bits per heavy atom. The Hall–Kier alpha value is -12.4. The molecule has 696 valence electrons. The molecular weight excluding hydrogens is 1960 g/mol. The first-order valence-electron chi connectivity index (χ1n) is 41.1. The van der Waals surface area contributed by atoms with Gasteiger partial charge in [0.2, 0.25) is 17.7 Å². The minimum Gasteiger partial charge on any atom is -0.504 e. The van der Waals surface area contributed by atoms with Gasteiger partial charge < -0.3 is 44.7 Å². The number of phenolic OH excluding ortho intramolecular Hbond substituents is 3. The zero-order chi connectivity index (χ0) is 98.7. The number of aromatic nitrogens is 9. The Morgan fingerprint density at radius 3 is 0.859 bits per heavy atom. The van der Waals surface area contributed by atoms with Gasteiger partial charge in [-0.15, -0.1) is 0 Å². The topological polar surface area (TPSA) is 346 Å². The van der Waals surface area contributed by atoms with Crippen molar-refractivity contribution in [1.82, 2.24) is 58.3 Å². The minimum absolute atomic E-state index is 0.0396. The number of rotatable bonds is 15. The summed E-state index contributed by atoms with van der Waals surface area (Å²) in [5.74, 6) is -11.2. The van der Waals surface area contributed by atoms with Crippen molar-refractivity contribution in [1.29, 1.82) is 15.8 Å². The van der Waals surface area contributed by atoms with Gasteiger partial charge in [-0.2, -0.15) is 15.8 Å². The molecule has 0 atom stereocenters. The van der Waals surface area contributed by atoms with Crippen LogP contribution < -0.4 is 31.4 Å². The number of hydrogen-bond acceptors (Lipinski definition) is 21. The monoisotopic (exact) mass is 2030 g/mol. The van der Waals surface area contributed by atoms with Crippen LogP contribution in [0.1, 0.15) is 110 Å². The molecule has 12 heterocycles. The van der Waals surface area contributed by atoms with E-state index >= 15 is 0 Å². The molecule has 3 N–H and O–H groups in total. The van der Waals surface area contributed by atoms with Gasteiger partial charge in [0.25, 0.3) is 16.7 Å². The molecule has 135 heavy (non-hydrogen) atoms. The first kappa shape index (κ1) is 100. The van der Waals surface area contributed by atoms with Crippen molar-refractivity contribution >= 4 is 184 Å². The summed E-state index contributed by atoms with van der Waals surface area (Å²) in [5, 5.41) is 58.9. The number of carbonyl (C=O) groups excluding carboxylic acids is 3. The highest BCUT2D eigenvalue weighted by Crippen LogP contribution is 2.52. The molecule has 0 aliphatic carbocycles. The van der Waals surface area contributed by atoms with Gasteiger partial charge in [-0.25, -0.2) is 36.9 Å². The van der Waals surface area contributed by atoms with Crippen LogP contribution >= 0.6 is 116 Å². The normalized spacial score (nSPS) is 13.4. The van der Waals surface area contributed by atoms with Crippen LogP contribution in [-0.4, -0.2) is 170 Å². The number of aryl methyl sites for hydroxylation is 3. The predicted molar refractivity (Wildman–Crippen MR) is 514 cm³/mol. The van der Waals surface area contributed by atoms with Crippen LogP contribution in [0.15, 0.2) is 107 Å². The van der Waals surface area contributed by atoms with E-state index in [1.54, 1.807) is 82.1 Å². The molecule has 15 rings (SSSR count). The molecule has 0 radical (unpaired) electrons. The molecule has 3 amide bonds. The lowest BCUT2D eigenvalue weighted by atomic mass is 10.0. The Labute approximate surface area is 817 Å². The number of carbonyl (C=O) groups is 3. The van der Waals surface area contributed by atoms with Crippen LogP contribution in [0, 0.1) is 83.9 Å². The molecule has 27 nitrogen and oxygen atoms in total. The Morgan fingerprint density at radius 2 is 0.622 bits per heavy atom. The molecular formula is C93H75Cl10F5N18O9. The highest BCUT2D eigenvalue weighted by atomic mass is 35.5. The third kappa shape index (κ3) is 17.9. The van der Waals surface area contributed by atoms with Crippen LogP contribution in [0.5, 0.6) is 17.2 Å². The number of anilines is 3. The number of halogens is 15. The molecule has 3 aromatic carbocycles. The van der Waals surface area contributed by atoms with Crippen LogP contribution in [0.25, 0.3) is 83.9 Å². The predicted octanol–water partition coefficient (Wildman–Crippen LogP) is 20.1. The first-order valence-corrected chi connectivity index (χ1v) is 44.9. The summed E-state index contributed by atoms with van der Waals surface area (Å²) < 4.78 is 78.0. The highest BCUT2D eigenvalue weighted by Gasteiger charge is 2.38. The lowest BCUT2D eigenvalue weighted by Gasteiger charge is -2.36. The molecule has 42 heteroatoms. The molecule has 0 bridgehead atoms. The number of piperazine rings is 3. The summed E-state index contributed by atoms with van der Waals surface area (Å²) in [6.07, 6.45) is 8.47. The third-order valence-electron chi connectivity index (χ3n) is 23.0. The number of amides is 3. The number of aromatic hydroxyl groups is 3. The second-order valence-electron chi connectivity index (χ2n) is 32.0. The van der Waals surface area contributed by atoms with E-state index in [2.05, 4.69) is 50.7 Å². The Bertz CT molecular complexity index is 6650. The molecule has 3 fully saturated rings. The average Bonchev–Trinajstić information content (AvgIpc) is 0.728. The van der Waals surface area contributed by atoms with Gasteiger partial charge in [0.15, 0.2) is 46.3 Å². The van der Waals surface area contributed by atoms with Crippen molar-refractivity contribution in [3.8, 4) is 86.3 Å². The van der Waals surface area contributed by atoms with E-state index in [9.17, 15) is 81.8 Å². The maximum absolute atomic E-state index is 14.9. The van der Waals surface area contributed by atoms with Crippen LogP contribution in [0.3, 0.4) is 0 Å². The molecule has 0 unspecified atom stereocenters. The summed E-state index contributed by atoms with van der Waals surface area (Å²) >= 11 is 62.5. The zero-order valence-electron chi connectivity index (χ0n) is 72.8. The number of nitriles is 3. The van der Waals surface area contributed by atoms with Gasteiger partial charge in [0.05, 0.1) is 120 Å². The second kappa shape index (κ2) is 40.3. The van der Waals surface area contributed by atoms with Crippen molar-refractivity contribution in [3.05, 3.63) is 254 Å². The number of benzene rings is 3. The van der Waals surface area contributed by atoms with Crippen LogP contribution in [-0.2, 0) is 14.4 Å². The Kier molecular flexibility index (Phi) is 29.9. The van der Waals surface area contributed by atoms with Crippen molar-refractivity contribution in [2.75, 3.05) is 93.2 Å². The van der Waals surface area contributed by atoms with Gasteiger partial charge in [0, 0.05) is 113 Å². The van der Waals surface area contributed by atoms with E-state index < -0.39 is 99.3 Å². The third-order valence-corrected chi connectivity index (χ3v) is 26.6. The summed E-state index contributed by atoms with van der Waals surface area (Å²) in [4.78, 5) is 117. The number of hydrogen-bond donors (Lipinski definition) is 3. The van der Waals surface area contributed by atoms with Crippen molar-refractivity contribution in [2.24, 2.45) is 0 Å². The van der Waals surface area contributed by atoms with Crippen molar-refractivity contribution < 1.29 is 51.7 Å². The zero-order valence-corrected chi connectivity index (χ0v) is 80.3. The van der Waals surface area contributed by atoms with Crippen molar-refractivity contribution in [3.63, 3.8) is 0 Å². The fraction of sp³-hybridized carbons (Fsp3) is 0.258. The average molecular weight is 2040 g/mol.